The van der Waals surface area contributed by atoms with Crippen LogP contribution in [0.3, 0.4) is 0 Å². The number of pyridine rings is 1. The highest BCUT2D eigenvalue weighted by atomic mass is 35.5. The minimum atomic E-state index is -1.29. The van der Waals surface area contributed by atoms with Gasteiger partial charge in [0.1, 0.15) is 22.4 Å². The Labute approximate surface area is 125 Å². The maximum atomic E-state index is 12.5. The van der Waals surface area contributed by atoms with Crippen LogP contribution in [0.2, 0.25) is 5.02 Å². The minimum Gasteiger partial charge on any atom is -0.248 e. The predicted molar refractivity (Wildman–Crippen MR) is 78.8 cm³/mol. The molecule has 3 nitrogen and oxygen atoms in total. The largest absolute Gasteiger partial charge is 0.287 e. The van der Waals surface area contributed by atoms with Crippen LogP contribution in [0.5, 0.6) is 0 Å². The molecule has 0 saturated heterocycles. The molecule has 0 saturated carbocycles. The first-order chi connectivity index (χ1) is 9.51. The molecule has 5 heteroatoms. The minimum absolute atomic E-state index is 0.352. The van der Waals surface area contributed by atoms with Gasteiger partial charge in [0, 0.05) is 18.0 Å². The fourth-order valence-corrected chi connectivity index (χ4v) is 3.44. The topological polar surface area (TPSA) is 55.0 Å². The van der Waals surface area contributed by atoms with Crippen molar-refractivity contribution in [3.05, 3.63) is 57.7 Å². The number of nitrogens with one attached hydrogen (secondary N) is 1. The molecular weight excluding hydrogens is 292 g/mol. The summed E-state index contributed by atoms with van der Waals surface area (Å²) in [7, 11) is -1.29. The summed E-state index contributed by atoms with van der Waals surface area (Å²) in [6, 6.07) is 11.2. The van der Waals surface area contributed by atoms with Gasteiger partial charge in [0.15, 0.2) is 5.69 Å². The van der Waals surface area contributed by atoms with Gasteiger partial charge in [0.2, 0.25) is 0 Å². The zero-order valence-corrected chi connectivity index (χ0v) is 12.8. The van der Waals surface area contributed by atoms with Gasteiger partial charge in [0.25, 0.3) is 5.03 Å². The van der Waals surface area contributed by atoms with Gasteiger partial charge in [-0.25, -0.2) is 9.19 Å². The van der Waals surface area contributed by atoms with E-state index in [1.165, 1.54) is 0 Å². The smallest absolute Gasteiger partial charge is 0.248 e. The molecule has 2 rings (SSSR count). The van der Waals surface area contributed by atoms with Crippen molar-refractivity contribution in [3.63, 3.8) is 0 Å². The van der Waals surface area contributed by atoms with Crippen LogP contribution in [-0.4, -0.2) is 4.21 Å². The van der Waals surface area contributed by atoms with E-state index in [1.807, 2.05) is 32.0 Å². The molecule has 0 spiro atoms. The maximum Gasteiger partial charge on any atom is 0.287 e. The number of hydrogen-bond acceptors (Lipinski definition) is 2. The molecule has 1 N–H and O–H groups in total. The lowest BCUT2D eigenvalue weighted by atomic mass is 10.1. The van der Waals surface area contributed by atoms with E-state index >= 15 is 0 Å². The molecule has 0 bridgehead atoms. The third-order valence-corrected chi connectivity index (χ3v) is 4.52. The Kier molecular flexibility index (Phi) is 4.53. The lowest BCUT2D eigenvalue weighted by Crippen LogP contribution is -2.20. The molecule has 0 radical (unpaired) electrons. The van der Waals surface area contributed by atoms with Gasteiger partial charge in [-0.15, -0.1) is 0 Å². The van der Waals surface area contributed by atoms with E-state index in [4.69, 9.17) is 11.6 Å². The van der Waals surface area contributed by atoms with Crippen molar-refractivity contribution < 1.29 is 9.19 Å². The number of nitriles is 1. The van der Waals surface area contributed by atoms with E-state index in [0.717, 1.165) is 16.8 Å². The Hall–Kier alpha value is -1.70. The first kappa shape index (κ1) is 14.7. The normalized spacial score (nSPS) is 11.9. The number of hydrogen-bond donors (Lipinski definition) is 0. The lowest BCUT2D eigenvalue weighted by molar-refractivity contribution is -0.436. The first-order valence-corrected chi connectivity index (χ1v) is 7.77. The lowest BCUT2D eigenvalue weighted by Gasteiger charge is -2.03. The second-order valence-corrected chi connectivity index (χ2v) is 6.39. The van der Waals surface area contributed by atoms with Crippen molar-refractivity contribution in [2.75, 3.05) is 0 Å². The number of aromatic nitrogens is 1. The molecule has 1 atom stereocenters. The average Bonchev–Trinajstić information content (AvgIpc) is 2.40. The molecule has 1 aromatic carbocycles. The van der Waals surface area contributed by atoms with Crippen molar-refractivity contribution in [1.82, 2.24) is 0 Å². The van der Waals surface area contributed by atoms with Crippen LogP contribution in [0.4, 0.5) is 0 Å². The average molecular weight is 306 g/mol. The molecule has 1 aromatic heterocycles. The van der Waals surface area contributed by atoms with Crippen LogP contribution in [0, 0.1) is 25.2 Å². The monoisotopic (exact) mass is 305 g/mol. The van der Waals surface area contributed by atoms with E-state index in [9.17, 15) is 9.47 Å². The van der Waals surface area contributed by atoms with E-state index in [2.05, 4.69) is 11.1 Å². The highest BCUT2D eigenvalue weighted by Gasteiger charge is 2.21. The molecule has 1 unspecified atom stereocenters. The Morgan fingerprint density at radius 3 is 2.55 bits per heavy atom. The summed E-state index contributed by atoms with van der Waals surface area (Å²) in [6.07, 6.45) is 0. The number of aromatic amines is 1. The number of nitrogens with zero attached hydrogens (tertiary/aromatic N) is 1. The van der Waals surface area contributed by atoms with Crippen LogP contribution < -0.4 is 4.98 Å². The Morgan fingerprint density at radius 1 is 1.30 bits per heavy atom. The molecular formula is C15H14ClN2OS+. The van der Waals surface area contributed by atoms with Crippen molar-refractivity contribution in [2.45, 2.75) is 24.6 Å². The number of benzene rings is 1. The van der Waals surface area contributed by atoms with Crippen LogP contribution in [-0.2, 0) is 16.6 Å². The SMILES string of the molecule is Cc1cc(C)c(C#N)c(S(=O)Cc2ccc(Cl)cc2)[nH+]1. The Bertz CT molecular complexity index is 705. The van der Waals surface area contributed by atoms with Crippen LogP contribution in [0.15, 0.2) is 35.4 Å². The van der Waals surface area contributed by atoms with Gasteiger partial charge in [0.05, 0.1) is 5.75 Å². The van der Waals surface area contributed by atoms with Crippen LogP contribution in [0.25, 0.3) is 0 Å². The van der Waals surface area contributed by atoms with E-state index in [1.54, 1.807) is 12.1 Å². The predicted octanol–water partition coefficient (Wildman–Crippen LogP) is 2.95. The van der Waals surface area contributed by atoms with Crippen molar-refractivity contribution in [1.29, 1.82) is 5.26 Å². The third kappa shape index (κ3) is 3.24. The molecule has 0 aliphatic carbocycles. The van der Waals surface area contributed by atoms with Gasteiger partial charge >= 0.3 is 0 Å². The Balaban J connectivity index is 2.34. The summed E-state index contributed by atoms with van der Waals surface area (Å²) in [5.41, 5.74) is 3.11. The fourth-order valence-electron chi connectivity index (χ4n) is 1.97. The summed E-state index contributed by atoms with van der Waals surface area (Å²) in [5.74, 6) is 0.352. The van der Waals surface area contributed by atoms with E-state index in [0.29, 0.717) is 21.4 Å². The molecule has 1 heterocycles. The quantitative estimate of drug-likeness (QED) is 0.875. The molecule has 0 aliphatic heterocycles. The van der Waals surface area contributed by atoms with Crippen LogP contribution >= 0.6 is 11.6 Å². The fraction of sp³-hybridized carbons (Fsp3) is 0.200. The summed E-state index contributed by atoms with van der Waals surface area (Å²) in [6.45, 7) is 3.74. The number of rotatable bonds is 3. The van der Waals surface area contributed by atoms with Gasteiger partial charge < -0.3 is 0 Å². The van der Waals surface area contributed by atoms with E-state index in [-0.39, 0.29) is 0 Å². The summed E-state index contributed by atoms with van der Waals surface area (Å²) < 4.78 is 12.5. The first-order valence-electron chi connectivity index (χ1n) is 6.07. The molecule has 102 valence electrons. The van der Waals surface area contributed by atoms with Crippen molar-refractivity contribution >= 4 is 22.4 Å². The summed E-state index contributed by atoms with van der Waals surface area (Å²) in [4.78, 5) is 3.05. The molecule has 2 aromatic rings. The maximum absolute atomic E-state index is 12.5. The zero-order valence-electron chi connectivity index (χ0n) is 11.2. The van der Waals surface area contributed by atoms with Crippen molar-refractivity contribution in [3.8, 4) is 6.07 Å². The van der Waals surface area contributed by atoms with E-state index < -0.39 is 10.8 Å². The molecule has 0 amide bonds. The van der Waals surface area contributed by atoms with Gasteiger partial charge in [-0.05, 0) is 30.2 Å². The number of halogens is 1. The number of aryl methyl sites for hydroxylation is 2. The standard InChI is InChI=1S/C15H13ClN2OS/c1-10-7-11(2)18-15(14(10)8-17)20(19)9-12-3-5-13(16)6-4-12/h3-7H,9H2,1-2H3/p+1. The summed E-state index contributed by atoms with van der Waals surface area (Å²) >= 11 is 5.83. The second kappa shape index (κ2) is 6.17. The highest BCUT2D eigenvalue weighted by molar-refractivity contribution is 7.84. The van der Waals surface area contributed by atoms with Crippen LogP contribution in [0.1, 0.15) is 22.4 Å². The zero-order chi connectivity index (χ0) is 14.7. The van der Waals surface area contributed by atoms with Gasteiger partial charge in [-0.3, -0.25) is 0 Å². The molecule has 20 heavy (non-hydrogen) atoms. The number of H-pyrrole nitrogens is 1. The molecule has 0 aliphatic rings. The third-order valence-electron chi connectivity index (χ3n) is 2.92. The van der Waals surface area contributed by atoms with Gasteiger partial charge in [-0.1, -0.05) is 23.7 Å². The van der Waals surface area contributed by atoms with Gasteiger partial charge in [-0.2, -0.15) is 5.26 Å². The molecule has 0 fully saturated rings. The Morgan fingerprint density at radius 2 is 1.95 bits per heavy atom. The van der Waals surface area contributed by atoms with Crippen molar-refractivity contribution in [2.24, 2.45) is 0 Å². The second-order valence-electron chi connectivity index (χ2n) is 4.57. The summed E-state index contributed by atoms with van der Waals surface area (Å²) in [5, 5.41) is 10.4. The highest BCUT2D eigenvalue weighted by Crippen LogP contribution is 2.17.